The Labute approximate surface area is 110 Å². The molecule has 0 atom stereocenters. The highest BCUT2D eigenvalue weighted by molar-refractivity contribution is 5.94. The topological polar surface area (TPSA) is 57.8 Å². The molecule has 19 heavy (non-hydrogen) atoms. The Balaban J connectivity index is 1.72. The first-order valence-corrected chi connectivity index (χ1v) is 6.08. The lowest BCUT2D eigenvalue weighted by Gasteiger charge is -2.05. The maximum atomic E-state index is 11.9. The van der Waals surface area contributed by atoms with E-state index in [9.17, 15) is 4.79 Å². The van der Waals surface area contributed by atoms with Crippen LogP contribution in [0.25, 0.3) is 10.9 Å². The van der Waals surface area contributed by atoms with Crippen LogP contribution in [0.2, 0.25) is 0 Å². The summed E-state index contributed by atoms with van der Waals surface area (Å²) in [4.78, 5) is 11.9. The zero-order valence-corrected chi connectivity index (χ0v) is 10.3. The molecule has 0 fully saturated rings. The van der Waals surface area contributed by atoms with E-state index in [0.29, 0.717) is 6.42 Å². The van der Waals surface area contributed by atoms with Gasteiger partial charge >= 0.3 is 0 Å². The van der Waals surface area contributed by atoms with Gasteiger partial charge in [-0.15, -0.1) is 0 Å². The number of anilines is 1. The molecule has 4 heteroatoms. The summed E-state index contributed by atoms with van der Waals surface area (Å²) in [6.45, 7) is 0. The summed E-state index contributed by atoms with van der Waals surface area (Å²) < 4.78 is 0. The molecule has 0 spiro atoms. The van der Waals surface area contributed by atoms with Gasteiger partial charge in [-0.1, -0.05) is 30.3 Å². The molecule has 0 saturated carbocycles. The van der Waals surface area contributed by atoms with E-state index < -0.39 is 0 Å². The van der Waals surface area contributed by atoms with Crippen molar-refractivity contribution in [2.75, 3.05) is 5.32 Å². The molecule has 1 aromatic heterocycles. The van der Waals surface area contributed by atoms with Crippen molar-refractivity contribution in [2.45, 2.75) is 6.42 Å². The number of benzene rings is 2. The second-order valence-electron chi connectivity index (χ2n) is 4.38. The maximum Gasteiger partial charge on any atom is 0.228 e. The molecule has 0 aliphatic heterocycles. The molecule has 0 saturated heterocycles. The second-order valence-corrected chi connectivity index (χ2v) is 4.38. The average molecular weight is 251 g/mol. The van der Waals surface area contributed by atoms with Crippen LogP contribution >= 0.6 is 0 Å². The Morgan fingerprint density at radius 1 is 1.16 bits per heavy atom. The van der Waals surface area contributed by atoms with Crippen molar-refractivity contribution < 1.29 is 4.79 Å². The minimum atomic E-state index is -0.0231. The third-order valence-corrected chi connectivity index (χ3v) is 2.93. The van der Waals surface area contributed by atoms with E-state index in [4.69, 9.17) is 0 Å². The number of carbonyl (C=O) groups excluding carboxylic acids is 1. The lowest BCUT2D eigenvalue weighted by molar-refractivity contribution is -0.115. The Morgan fingerprint density at radius 3 is 2.84 bits per heavy atom. The highest BCUT2D eigenvalue weighted by Gasteiger charge is 2.04. The van der Waals surface area contributed by atoms with Crippen LogP contribution in [-0.4, -0.2) is 16.1 Å². The zero-order valence-electron chi connectivity index (χ0n) is 10.3. The molecule has 2 N–H and O–H groups in total. The number of nitrogens with zero attached hydrogens (tertiary/aromatic N) is 1. The quantitative estimate of drug-likeness (QED) is 0.752. The normalized spacial score (nSPS) is 10.5. The van der Waals surface area contributed by atoms with Gasteiger partial charge in [0.25, 0.3) is 0 Å². The number of fused-ring (bicyclic) bond motifs is 1. The van der Waals surface area contributed by atoms with Crippen molar-refractivity contribution in [3.05, 3.63) is 60.3 Å². The maximum absolute atomic E-state index is 11.9. The largest absolute Gasteiger partial charge is 0.326 e. The summed E-state index contributed by atoms with van der Waals surface area (Å²) in [6, 6.07) is 15.4. The third kappa shape index (κ3) is 2.63. The van der Waals surface area contributed by atoms with Crippen LogP contribution < -0.4 is 5.32 Å². The molecule has 0 aliphatic carbocycles. The first-order valence-electron chi connectivity index (χ1n) is 6.08. The highest BCUT2D eigenvalue weighted by atomic mass is 16.1. The third-order valence-electron chi connectivity index (χ3n) is 2.93. The number of aromatic nitrogens is 2. The fraction of sp³-hybridized carbons (Fsp3) is 0.0667. The fourth-order valence-corrected chi connectivity index (χ4v) is 2.00. The first kappa shape index (κ1) is 11.5. The number of hydrogen-bond acceptors (Lipinski definition) is 2. The van der Waals surface area contributed by atoms with Crippen molar-refractivity contribution in [2.24, 2.45) is 0 Å². The molecule has 1 amide bonds. The van der Waals surface area contributed by atoms with Gasteiger partial charge in [-0.25, -0.2) is 0 Å². The summed E-state index contributed by atoms with van der Waals surface area (Å²) in [6.07, 6.45) is 2.13. The van der Waals surface area contributed by atoms with Gasteiger partial charge in [-0.2, -0.15) is 5.10 Å². The number of carbonyl (C=O) groups is 1. The van der Waals surface area contributed by atoms with Gasteiger partial charge < -0.3 is 5.32 Å². The number of hydrogen-bond donors (Lipinski definition) is 2. The van der Waals surface area contributed by atoms with Crippen molar-refractivity contribution >= 4 is 22.5 Å². The average Bonchev–Trinajstić information content (AvgIpc) is 2.87. The van der Waals surface area contributed by atoms with E-state index >= 15 is 0 Å². The Kier molecular flexibility index (Phi) is 2.98. The molecule has 0 aliphatic rings. The molecule has 3 rings (SSSR count). The SMILES string of the molecule is O=C(Cc1ccccc1)Nc1ccc2cn[nH]c2c1. The summed E-state index contributed by atoms with van der Waals surface area (Å²) in [5, 5.41) is 10.7. The minimum absolute atomic E-state index is 0.0231. The molecule has 2 aromatic carbocycles. The van der Waals surface area contributed by atoms with E-state index in [1.807, 2.05) is 48.5 Å². The standard InChI is InChI=1S/C15H13N3O/c19-15(8-11-4-2-1-3-5-11)17-13-7-6-12-10-16-18-14(12)9-13/h1-7,9-10H,8H2,(H,16,18)(H,17,19). The van der Waals surface area contributed by atoms with Crippen LogP contribution in [0.15, 0.2) is 54.7 Å². The predicted octanol–water partition coefficient (Wildman–Crippen LogP) is 2.74. The number of aromatic amines is 1. The van der Waals surface area contributed by atoms with Crippen molar-refractivity contribution in [3.8, 4) is 0 Å². The van der Waals surface area contributed by atoms with Crippen molar-refractivity contribution in [3.63, 3.8) is 0 Å². The van der Waals surface area contributed by atoms with Crippen LogP contribution in [0.4, 0.5) is 5.69 Å². The fourth-order valence-electron chi connectivity index (χ4n) is 2.00. The van der Waals surface area contributed by atoms with Crippen LogP contribution in [0.1, 0.15) is 5.56 Å². The van der Waals surface area contributed by atoms with Crippen LogP contribution in [0.3, 0.4) is 0 Å². The van der Waals surface area contributed by atoms with E-state index in [2.05, 4.69) is 15.5 Å². The number of amides is 1. The molecule has 1 heterocycles. The predicted molar refractivity (Wildman–Crippen MR) is 74.9 cm³/mol. The Bertz CT molecular complexity index is 703. The molecule has 4 nitrogen and oxygen atoms in total. The van der Waals surface area contributed by atoms with E-state index in [1.54, 1.807) is 6.20 Å². The summed E-state index contributed by atoms with van der Waals surface area (Å²) in [5.74, 6) is -0.0231. The van der Waals surface area contributed by atoms with Crippen LogP contribution in [0.5, 0.6) is 0 Å². The molecule has 0 bridgehead atoms. The Morgan fingerprint density at radius 2 is 2.00 bits per heavy atom. The highest BCUT2D eigenvalue weighted by Crippen LogP contribution is 2.16. The van der Waals surface area contributed by atoms with Gasteiger partial charge in [0.15, 0.2) is 0 Å². The molecule has 3 aromatic rings. The minimum Gasteiger partial charge on any atom is -0.326 e. The first-order chi connectivity index (χ1) is 9.31. The molecular weight excluding hydrogens is 238 g/mol. The smallest absolute Gasteiger partial charge is 0.228 e. The van der Waals surface area contributed by atoms with Gasteiger partial charge in [0, 0.05) is 11.1 Å². The number of H-pyrrole nitrogens is 1. The molecular formula is C15H13N3O. The van der Waals surface area contributed by atoms with Crippen molar-refractivity contribution in [1.29, 1.82) is 0 Å². The summed E-state index contributed by atoms with van der Waals surface area (Å²) in [5.41, 5.74) is 2.69. The van der Waals surface area contributed by atoms with Gasteiger partial charge in [0.05, 0.1) is 18.1 Å². The van der Waals surface area contributed by atoms with E-state index in [0.717, 1.165) is 22.2 Å². The summed E-state index contributed by atoms with van der Waals surface area (Å²) >= 11 is 0. The van der Waals surface area contributed by atoms with Gasteiger partial charge in [0.2, 0.25) is 5.91 Å². The number of rotatable bonds is 3. The lowest BCUT2D eigenvalue weighted by atomic mass is 10.1. The van der Waals surface area contributed by atoms with Gasteiger partial charge in [-0.3, -0.25) is 9.89 Å². The second kappa shape index (κ2) is 4.94. The van der Waals surface area contributed by atoms with Crippen molar-refractivity contribution in [1.82, 2.24) is 10.2 Å². The van der Waals surface area contributed by atoms with E-state index in [-0.39, 0.29) is 5.91 Å². The molecule has 0 radical (unpaired) electrons. The van der Waals surface area contributed by atoms with Gasteiger partial charge in [-0.05, 0) is 23.8 Å². The number of nitrogens with one attached hydrogen (secondary N) is 2. The Hall–Kier alpha value is -2.62. The molecule has 0 unspecified atom stereocenters. The molecule has 94 valence electrons. The van der Waals surface area contributed by atoms with Gasteiger partial charge in [0.1, 0.15) is 0 Å². The van der Waals surface area contributed by atoms with Crippen LogP contribution in [0, 0.1) is 0 Å². The lowest BCUT2D eigenvalue weighted by Crippen LogP contribution is -2.14. The monoisotopic (exact) mass is 251 g/mol. The van der Waals surface area contributed by atoms with Crippen LogP contribution in [-0.2, 0) is 11.2 Å². The van der Waals surface area contributed by atoms with E-state index in [1.165, 1.54) is 0 Å². The summed E-state index contributed by atoms with van der Waals surface area (Å²) in [7, 11) is 0. The zero-order chi connectivity index (χ0) is 13.1.